The minimum Gasteiger partial charge on any atom is -0.490 e. The summed E-state index contributed by atoms with van der Waals surface area (Å²) in [6, 6.07) is 2.78. The molecule has 11 nitrogen and oxygen atoms in total. The van der Waals surface area contributed by atoms with Crippen molar-refractivity contribution in [3.63, 3.8) is 0 Å². The van der Waals surface area contributed by atoms with Gasteiger partial charge < -0.3 is 29.1 Å². The summed E-state index contributed by atoms with van der Waals surface area (Å²) in [5, 5.41) is 6.89. The van der Waals surface area contributed by atoms with Gasteiger partial charge in [-0.1, -0.05) is 6.92 Å². The number of aryl methyl sites for hydroxylation is 1. The molecular formula is C29H37F2N7O4. The zero-order valence-corrected chi connectivity index (χ0v) is 24.3. The topological polar surface area (TPSA) is 119 Å². The number of rotatable bonds is 8. The molecule has 2 saturated heterocycles. The summed E-state index contributed by atoms with van der Waals surface area (Å²) in [5.74, 6) is 0.961. The van der Waals surface area contributed by atoms with Gasteiger partial charge in [-0.05, 0) is 68.4 Å². The van der Waals surface area contributed by atoms with Crippen molar-refractivity contribution in [1.29, 1.82) is 0 Å². The van der Waals surface area contributed by atoms with Crippen LogP contribution in [0.4, 0.5) is 25.5 Å². The highest BCUT2D eigenvalue weighted by atomic mass is 19.1. The monoisotopic (exact) mass is 585 g/mol. The molecule has 0 aliphatic carbocycles. The van der Waals surface area contributed by atoms with Gasteiger partial charge in [0, 0.05) is 38.5 Å². The molecule has 13 heteroatoms. The molecule has 1 aromatic carbocycles. The minimum absolute atomic E-state index is 0.176. The number of aromatic nitrogens is 4. The highest BCUT2D eigenvalue weighted by molar-refractivity contribution is 5.68. The SMILES string of the molecule is CCc1nc(N2CCC(COc3cnc(N4CC(NC(=O)OC(C)(C)C)C(c5cc(F)ccc5F)C4)nc3)CC2)no1. The van der Waals surface area contributed by atoms with Crippen molar-refractivity contribution in [2.45, 2.75) is 64.5 Å². The summed E-state index contributed by atoms with van der Waals surface area (Å²) >= 11 is 0. The van der Waals surface area contributed by atoms with Crippen LogP contribution in [0.2, 0.25) is 0 Å². The van der Waals surface area contributed by atoms with E-state index in [9.17, 15) is 13.6 Å². The zero-order valence-electron chi connectivity index (χ0n) is 24.3. The molecule has 2 aromatic heterocycles. The molecule has 5 rings (SSSR count). The molecule has 2 aliphatic heterocycles. The van der Waals surface area contributed by atoms with Crippen LogP contribution in [0, 0.1) is 17.6 Å². The Bertz CT molecular complexity index is 1360. The van der Waals surface area contributed by atoms with Crippen LogP contribution in [0.1, 0.15) is 57.9 Å². The maximum atomic E-state index is 14.8. The van der Waals surface area contributed by atoms with Crippen molar-refractivity contribution in [3.8, 4) is 5.75 Å². The van der Waals surface area contributed by atoms with E-state index in [1.165, 1.54) is 6.07 Å². The van der Waals surface area contributed by atoms with Crippen molar-refractivity contribution in [3.05, 3.63) is 53.7 Å². The zero-order chi connectivity index (χ0) is 29.9. The predicted molar refractivity (Wildman–Crippen MR) is 151 cm³/mol. The number of piperidine rings is 1. The van der Waals surface area contributed by atoms with Crippen LogP contribution < -0.4 is 19.9 Å². The van der Waals surface area contributed by atoms with E-state index in [4.69, 9.17) is 14.0 Å². The van der Waals surface area contributed by atoms with E-state index >= 15 is 0 Å². The van der Waals surface area contributed by atoms with Crippen LogP contribution in [0.15, 0.2) is 35.1 Å². The molecule has 2 unspecified atom stereocenters. The van der Waals surface area contributed by atoms with Crippen LogP contribution >= 0.6 is 0 Å². The summed E-state index contributed by atoms with van der Waals surface area (Å²) < 4.78 is 45.4. The molecular weight excluding hydrogens is 548 g/mol. The number of carbonyl (C=O) groups is 1. The molecule has 0 bridgehead atoms. The number of amides is 1. The maximum absolute atomic E-state index is 14.8. The Kier molecular flexibility index (Phi) is 8.74. The first-order chi connectivity index (χ1) is 20.1. The Labute approximate surface area is 243 Å². The lowest BCUT2D eigenvalue weighted by molar-refractivity contribution is 0.0504. The number of halogens is 2. The number of ether oxygens (including phenoxy) is 2. The van der Waals surface area contributed by atoms with Gasteiger partial charge in [-0.25, -0.2) is 23.5 Å². The minimum atomic E-state index is -0.703. The van der Waals surface area contributed by atoms with E-state index in [0.717, 1.165) is 38.1 Å². The van der Waals surface area contributed by atoms with Crippen LogP contribution in [0.3, 0.4) is 0 Å². The lowest BCUT2D eigenvalue weighted by Crippen LogP contribution is -2.43. The van der Waals surface area contributed by atoms with E-state index < -0.39 is 35.3 Å². The Morgan fingerprint density at radius 3 is 2.50 bits per heavy atom. The quantitative estimate of drug-likeness (QED) is 0.405. The first-order valence-corrected chi connectivity index (χ1v) is 14.3. The van der Waals surface area contributed by atoms with Gasteiger partial charge in [-0.2, -0.15) is 4.98 Å². The Hall–Kier alpha value is -4.03. The van der Waals surface area contributed by atoms with E-state index in [0.29, 0.717) is 49.0 Å². The third kappa shape index (κ3) is 7.24. The third-order valence-corrected chi connectivity index (χ3v) is 7.42. The van der Waals surface area contributed by atoms with E-state index in [-0.39, 0.29) is 12.1 Å². The number of hydrogen-bond acceptors (Lipinski definition) is 10. The second-order valence-electron chi connectivity index (χ2n) is 11.7. The van der Waals surface area contributed by atoms with Crippen molar-refractivity contribution in [2.75, 3.05) is 42.6 Å². The van der Waals surface area contributed by atoms with Crippen LogP contribution in [0.5, 0.6) is 5.75 Å². The number of alkyl carbamates (subject to hydrolysis) is 1. The average Bonchev–Trinajstić information content (AvgIpc) is 3.60. The number of nitrogens with zero attached hydrogens (tertiary/aromatic N) is 6. The first kappa shape index (κ1) is 29.5. The summed E-state index contributed by atoms with van der Waals surface area (Å²) in [4.78, 5) is 29.9. The van der Waals surface area contributed by atoms with E-state index in [2.05, 4.69) is 30.3 Å². The fourth-order valence-electron chi connectivity index (χ4n) is 5.27. The van der Waals surface area contributed by atoms with Crippen molar-refractivity contribution >= 4 is 18.0 Å². The van der Waals surface area contributed by atoms with Gasteiger partial charge in [-0.15, -0.1) is 0 Å². The van der Waals surface area contributed by atoms with Gasteiger partial charge in [0.1, 0.15) is 17.2 Å². The van der Waals surface area contributed by atoms with Gasteiger partial charge in [-0.3, -0.25) is 0 Å². The molecule has 42 heavy (non-hydrogen) atoms. The normalized spacial score (nSPS) is 19.7. The van der Waals surface area contributed by atoms with E-state index in [1.54, 1.807) is 33.2 Å². The average molecular weight is 586 g/mol. The molecule has 0 saturated carbocycles. The van der Waals surface area contributed by atoms with Gasteiger partial charge >= 0.3 is 6.09 Å². The number of hydrogen-bond donors (Lipinski definition) is 1. The summed E-state index contributed by atoms with van der Waals surface area (Å²) in [6.07, 6.45) is 5.17. The molecule has 2 atom stereocenters. The highest BCUT2D eigenvalue weighted by Gasteiger charge is 2.38. The number of anilines is 2. The lowest BCUT2D eigenvalue weighted by Gasteiger charge is -2.30. The molecule has 2 fully saturated rings. The lowest BCUT2D eigenvalue weighted by atomic mass is 9.94. The Morgan fingerprint density at radius 1 is 1.10 bits per heavy atom. The Balaban J connectivity index is 1.19. The number of nitrogens with one attached hydrogen (secondary N) is 1. The fourth-order valence-corrected chi connectivity index (χ4v) is 5.27. The first-order valence-electron chi connectivity index (χ1n) is 14.3. The number of benzene rings is 1. The Morgan fingerprint density at radius 2 is 1.83 bits per heavy atom. The number of carbonyl (C=O) groups excluding carboxylic acids is 1. The molecule has 2 aliphatic rings. The van der Waals surface area contributed by atoms with Crippen molar-refractivity contribution < 1.29 is 27.6 Å². The summed E-state index contributed by atoms with van der Waals surface area (Å²) in [5.41, 5.74) is -0.528. The third-order valence-electron chi connectivity index (χ3n) is 7.42. The molecule has 0 radical (unpaired) electrons. The molecule has 1 N–H and O–H groups in total. The standard InChI is InChI=1S/C29H37F2N7O4/c1-5-25-35-27(36-42-25)37-10-8-18(9-11-37)17-40-20-13-32-26(33-14-20)38-15-22(21-12-19(30)6-7-23(21)31)24(16-38)34-28(39)41-29(2,3)4/h6-7,12-14,18,22,24H,5,8-11,15-17H2,1-4H3,(H,34,39). The fraction of sp³-hybridized carbons (Fsp3) is 0.552. The summed E-state index contributed by atoms with van der Waals surface area (Å²) in [7, 11) is 0. The van der Waals surface area contributed by atoms with Gasteiger partial charge in [0.05, 0.1) is 25.0 Å². The van der Waals surface area contributed by atoms with Gasteiger partial charge in [0.25, 0.3) is 5.95 Å². The molecule has 3 aromatic rings. The van der Waals surface area contributed by atoms with Crippen LogP contribution in [-0.4, -0.2) is 70.6 Å². The molecule has 1 amide bonds. The highest BCUT2D eigenvalue weighted by Crippen LogP contribution is 2.32. The van der Waals surface area contributed by atoms with Crippen LogP contribution in [0.25, 0.3) is 0 Å². The van der Waals surface area contributed by atoms with E-state index in [1.807, 2.05) is 11.8 Å². The van der Waals surface area contributed by atoms with Gasteiger partial charge in [0.15, 0.2) is 5.75 Å². The second kappa shape index (κ2) is 12.5. The molecule has 0 spiro atoms. The van der Waals surface area contributed by atoms with Gasteiger partial charge in [0.2, 0.25) is 11.8 Å². The summed E-state index contributed by atoms with van der Waals surface area (Å²) in [6.45, 7) is 10.0. The van der Waals surface area contributed by atoms with Crippen molar-refractivity contribution in [2.24, 2.45) is 5.92 Å². The predicted octanol–water partition coefficient (Wildman–Crippen LogP) is 4.49. The smallest absolute Gasteiger partial charge is 0.407 e. The van der Waals surface area contributed by atoms with Crippen molar-refractivity contribution in [1.82, 2.24) is 25.4 Å². The molecule has 226 valence electrons. The second-order valence-corrected chi connectivity index (χ2v) is 11.7. The van der Waals surface area contributed by atoms with Crippen LogP contribution in [-0.2, 0) is 11.2 Å². The largest absolute Gasteiger partial charge is 0.490 e. The maximum Gasteiger partial charge on any atom is 0.407 e. The molecule has 4 heterocycles.